The van der Waals surface area contributed by atoms with Crippen molar-refractivity contribution in [1.82, 2.24) is 20.3 Å². The summed E-state index contributed by atoms with van der Waals surface area (Å²) < 4.78 is 4.85. The van der Waals surface area contributed by atoms with E-state index in [1.807, 2.05) is 0 Å². The summed E-state index contributed by atoms with van der Waals surface area (Å²) in [6.45, 7) is 1.89. The van der Waals surface area contributed by atoms with E-state index in [1.165, 1.54) is 25.7 Å². The SMILES string of the molecule is COC(=O)c1cnc(Nc2cnc(N)cn2)cc1NC1CCNCC1. The van der Waals surface area contributed by atoms with Crippen molar-refractivity contribution in [2.45, 2.75) is 18.9 Å². The predicted molar refractivity (Wildman–Crippen MR) is 94.8 cm³/mol. The van der Waals surface area contributed by atoms with Gasteiger partial charge >= 0.3 is 5.97 Å². The smallest absolute Gasteiger partial charge is 0.341 e. The molecule has 0 bridgehead atoms. The van der Waals surface area contributed by atoms with Gasteiger partial charge in [0, 0.05) is 18.3 Å². The summed E-state index contributed by atoms with van der Waals surface area (Å²) in [5.74, 6) is 0.971. The first-order valence-corrected chi connectivity index (χ1v) is 8.06. The largest absolute Gasteiger partial charge is 0.465 e. The van der Waals surface area contributed by atoms with Crippen LogP contribution in [-0.4, -0.2) is 47.2 Å². The number of rotatable bonds is 5. The van der Waals surface area contributed by atoms with Crippen LogP contribution in [-0.2, 0) is 4.74 Å². The molecule has 0 spiro atoms. The van der Waals surface area contributed by atoms with Crippen LogP contribution in [0.25, 0.3) is 0 Å². The summed E-state index contributed by atoms with van der Waals surface area (Å²) in [7, 11) is 1.35. The Bertz CT molecular complexity index is 730. The predicted octanol–water partition coefficient (Wildman–Crippen LogP) is 1.15. The van der Waals surface area contributed by atoms with Crippen molar-refractivity contribution in [3.63, 3.8) is 0 Å². The van der Waals surface area contributed by atoms with Gasteiger partial charge in [0.2, 0.25) is 0 Å². The lowest BCUT2D eigenvalue weighted by molar-refractivity contribution is 0.0601. The molecule has 2 aromatic heterocycles. The number of nitrogens with zero attached hydrogens (tertiary/aromatic N) is 3. The molecule has 0 unspecified atom stereocenters. The van der Waals surface area contributed by atoms with Gasteiger partial charge in [0.25, 0.3) is 0 Å². The Hall–Kier alpha value is -2.94. The minimum Gasteiger partial charge on any atom is -0.465 e. The summed E-state index contributed by atoms with van der Waals surface area (Å²) in [5.41, 5.74) is 6.61. The lowest BCUT2D eigenvalue weighted by Crippen LogP contribution is -2.35. The highest BCUT2D eigenvalue weighted by Crippen LogP contribution is 2.23. The molecule has 0 saturated carbocycles. The van der Waals surface area contributed by atoms with Crippen molar-refractivity contribution >= 4 is 29.1 Å². The van der Waals surface area contributed by atoms with E-state index in [0.717, 1.165) is 25.9 Å². The highest BCUT2D eigenvalue weighted by molar-refractivity contribution is 5.95. The summed E-state index contributed by atoms with van der Waals surface area (Å²) in [5, 5.41) is 9.79. The van der Waals surface area contributed by atoms with Crippen LogP contribution in [0.2, 0.25) is 0 Å². The zero-order valence-electron chi connectivity index (χ0n) is 14.0. The Labute approximate surface area is 145 Å². The van der Waals surface area contributed by atoms with Crippen LogP contribution in [0, 0.1) is 0 Å². The standard InChI is InChI=1S/C16H21N7O2/c1-25-16(24)11-7-20-14(23-15-9-19-13(17)8-21-15)6-12(11)22-10-2-4-18-5-3-10/h6-10,18H,2-5H2,1H3,(H2,17,19)(H2,20,21,22,23). The zero-order valence-corrected chi connectivity index (χ0v) is 14.0. The summed E-state index contributed by atoms with van der Waals surface area (Å²) in [6.07, 6.45) is 6.43. The van der Waals surface area contributed by atoms with Crippen LogP contribution >= 0.6 is 0 Å². The fourth-order valence-corrected chi connectivity index (χ4v) is 2.64. The van der Waals surface area contributed by atoms with Gasteiger partial charge in [0.15, 0.2) is 0 Å². The maximum atomic E-state index is 12.0. The van der Waals surface area contributed by atoms with Crippen molar-refractivity contribution in [3.8, 4) is 0 Å². The molecule has 0 aliphatic carbocycles. The molecule has 1 aliphatic heterocycles. The van der Waals surface area contributed by atoms with E-state index < -0.39 is 5.97 Å². The number of carbonyl (C=O) groups excluding carboxylic acids is 1. The number of nitrogens with two attached hydrogens (primary N) is 1. The van der Waals surface area contributed by atoms with E-state index in [9.17, 15) is 4.79 Å². The molecule has 3 heterocycles. The number of aromatic nitrogens is 3. The van der Waals surface area contributed by atoms with Crippen molar-refractivity contribution in [3.05, 3.63) is 30.2 Å². The van der Waals surface area contributed by atoms with Gasteiger partial charge in [0.05, 0.1) is 25.2 Å². The third-order valence-electron chi connectivity index (χ3n) is 3.94. The maximum Gasteiger partial charge on any atom is 0.341 e. The third-order valence-corrected chi connectivity index (χ3v) is 3.94. The molecule has 0 aromatic carbocycles. The number of nitrogen functional groups attached to an aromatic ring is 1. The van der Waals surface area contributed by atoms with Crippen LogP contribution in [0.15, 0.2) is 24.7 Å². The van der Waals surface area contributed by atoms with Crippen molar-refractivity contribution in [1.29, 1.82) is 0 Å². The summed E-state index contributed by atoms with van der Waals surface area (Å²) >= 11 is 0. The number of ether oxygens (including phenoxy) is 1. The molecule has 25 heavy (non-hydrogen) atoms. The molecule has 3 rings (SSSR count). The van der Waals surface area contributed by atoms with Crippen LogP contribution in [0.3, 0.4) is 0 Å². The van der Waals surface area contributed by atoms with E-state index >= 15 is 0 Å². The molecule has 9 heteroatoms. The number of esters is 1. The summed E-state index contributed by atoms with van der Waals surface area (Å²) in [4.78, 5) is 24.4. The molecule has 2 aromatic rings. The minimum atomic E-state index is -0.428. The van der Waals surface area contributed by atoms with Gasteiger partial charge in [-0.15, -0.1) is 0 Å². The van der Waals surface area contributed by atoms with Gasteiger partial charge in [-0.05, 0) is 25.9 Å². The van der Waals surface area contributed by atoms with Gasteiger partial charge in [-0.1, -0.05) is 0 Å². The number of carbonyl (C=O) groups is 1. The number of pyridine rings is 1. The number of methoxy groups -OCH3 is 1. The average molecular weight is 343 g/mol. The molecule has 5 N–H and O–H groups in total. The first-order valence-electron chi connectivity index (χ1n) is 8.06. The second-order valence-electron chi connectivity index (χ2n) is 5.73. The molecule has 0 radical (unpaired) electrons. The molecule has 9 nitrogen and oxygen atoms in total. The Balaban J connectivity index is 1.83. The van der Waals surface area contributed by atoms with Crippen LogP contribution in [0.4, 0.5) is 23.1 Å². The fourth-order valence-electron chi connectivity index (χ4n) is 2.64. The number of nitrogens with one attached hydrogen (secondary N) is 3. The van der Waals surface area contributed by atoms with Crippen LogP contribution in [0.1, 0.15) is 23.2 Å². The maximum absolute atomic E-state index is 12.0. The highest BCUT2D eigenvalue weighted by atomic mass is 16.5. The Morgan fingerprint density at radius 1 is 1.20 bits per heavy atom. The van der Waals surface area contributed by atoms with Gasteiger partial charge in [-0.2, -0.15) is 0 Å². The highest BCUT2D eigenvalue weighted by Gasteiger charge is 2.18. The molecular weight excluding hydrogens is 322 g/mol. The molecular formula is C16H21N7O2. The number of hydrogen-bond donors (Lipinski definition) is 4. The lowest BCUT2D eigenvalue weighted by Gasteiger charge is -2.25. The van der Waals surface area contributed by atoms with Gasteiger partial charge in [-0.25, -0.2) is 19.7 Å². The van der Waals surface area contributed by atoms with E-state index in [0.29, 0.717) is 28.7 Å². The second kappa shape index (κ2) is 7.75. The Kier molecular flexibility index (Phi) is 5.24. The lowest BCUT2D eigenvalue weighted by atomic mass is 10.1. The molecule has 132 valence electrons. The molecule has 0 amide bonds. The average Bonchev–Trinajstić information content (AvgIpc) is 2.64. The van der Waals surface area contributed by atoms with Gasteiger partial charge < -0.3 is 26.4 Å². The van der Waals surface area contributed by atoms with Gasteiger partial charge in [-0.3, -0.25) is 0 Å². The van der Waals surface area contributed by atoms with Crippen molar-refractivity contribution < 1.29 is 9.53 Å². The number of anilines is 4. The van der Waals surface area contributed by atoms with E-state index in [-0.39, 0.29) is 6.04 Å². The fraction of sp³-hybridized carbons (Fsp3) is 0.375. The second-order valence-corrected chi connectivity index (χ2v) is 5.73. The van der Waals surface area contributed by atoms with Crippen molar-refractivity contribution in [2.24, 2.45) is 0 Å². The number of hydrogen-bond acceptors (Lipinski definition) is 9. The first-order chi connectivity index (χ1) is 12.2. The normalized spacial score (nSPS) is 14.8. The van der Waals surface area contributed by atoms with E-state index in [2.05, 4.69) is 30.9 Å². The quantitative estimate of drug-likeness (QED) is 0.591. The number of piperidine rings is 1. The Morgan fingerprint density at radius 2 is 1.96 bits per heavy atom. The molecule has 1 fully saturated rings. The first kappa shape index (κ1) is 16.9. The van der Waals surface area contributed by atoms with Crippen LogP contribution in [0.5, 0.6) is 0 Å². The molecule has 0 atom stereocenters. The topological polar surface area (TPSA) is 127 Å². The van der Waals surface area contributed by atoms with E-state index in [4.69, 9.17) is 10.5 Å². The van der Waals surface area contributed by atoms with Crippen LogP contribution < -0.4 is 21.7 Å². The molecule has 1 saturated heterocycles. The Morgan fingerprint density at radius 3 is 2.64 bits per heavy atom. The van der Waals surface area contributed by atoms with E-state index in [1.54, 1.807) is 6.07 Å². The monoisotopic (exact) mass is 343 g/mol. The van der Waals surface area contributed by atoms with Crippen molar-refractivity contribution in [2.75, 3.05) is 36.6 Å². The minimum absolute atomic E-state index is 0.288. The molecule has 1 aliphatic rings. The van der Waals surface area contributed by atoms with Gasteiger partial charge in [0.1, 0.15) is 23.0 Å². The summed E-state index contributed by atoms with van der Waals surface area (Å²) in [6, 6.07) is 2.06. The third kappa shape index (κ3) is 4.32. The zero-order chi connectivity index (χ0) is 17.6.